The fraction of sp³-hybridized carbons (Fsp3) is 0.414. The molecule has 0 saturated carbocycles. The van der Waals surface area contributed by atoms with E-state index in [1.807, 2.05) is 36.5 Å². The van der Waals surface area contributed by atoms with Gasteiger partial charge >= 0.3 is 0 Å². The molecule has 1 fully saturated rings. The molecule has 0 aliphatic carbocycles. The lowest BCUT2D eigenvalue weighted by atomic mass is 9.62. The maximum atomic E-state index is 12.3. The molecule has 2 atom stereocenters. The molecule has 33 heavy (non-hydrogen) atoms. The molecule has 1 saturated heterocycles. The Kier molecular flexibility index (Phi) is 6.71. The van der Waals surface area contributed by atoms with Gasteiger partial charge in [0.15, 0.2) is 0 Å². The average Bonchev–Trinajstić information content (AvgIpc) is 2.81. The molecule has 0 radical (unpaired) electrons. The Hall–Kier alpha value is -2.53. The Morgan fingerprint density at radius 3 is 2.24 bits per heavy atom. The first-order valence-electron chi connectivity index (χ1n) is 11.9. The fourth-order valence-corrected chi connectivity index (χ4v) is 5.31. The molecule has 1 aliphatic rings. The Labute approximate surface area is 197 Å². The van der Waals surface area contributed by atoms with Crippen LogP contribution in [-0.2, 0) is 12.0 Å². The van der Waals surface area contributed by atoms with Crippen LogP contribution in [0.5, 0.6) is 0 Å². The first-order valence-corrected chi connectivity index (χ1v) is 11.9. The van der Waals surface area contributed by atoms with E-state index in [1.165, 1.54) is 5.56 Å². The third kappa shape index (κ3) is 4.61. The van der Waals surface area contributed by atoms with Gasteiger partial charge in [0.2, 0.25) is 0 Å². The molecule has 174 valence electrons. The molecule has 1 aliphatic heterocycles. The van der Waals surface area contributed by atoms with Crippen LogP contribution in [-0.4, -0.2) is 40.2 Å². The summed E-state index contributed by atoms with van der Waals surface area (Å²) in [5, 5.41) is 22.9. The van der Waals surface area contributed by atoms with Crippen molar-refractivity contribution in [1.82, 2.24) is 9.88 Å². The van der Waals surface area contributed by atoms with Gasteiger partial charge in [-0.05, 0) is 54.1 Å². The van der Waals surface area contributed by atoms with Crippen molar-refractivity contribution in [2.24, 2.45) is 5.41 Å². The number of rotatable bonds is 8. The molecule has 0 spiro atoms. The quantitative estimate of drug-likeness (QED) is 0.510. The lowest BCUT2D eigenvalue weighted by molar-refractivity contribution is -0.127. The van der Waals surface area contributed by atoms with Crippen molar-refractivity contribution in [2.75, 3.05) is 20.1 Å². The summed E-state index contributed by atoms with van der Waals surface area (Å²) < 4.78 is 0. The topological polar surface area (TPSA) is 56.6 Å². The van der Waals surface area contributed by atoms with Gasteiger partial charge in [-0.3, -0.25) is 4.98 Å². The van der Waals surface area contributed by atoms with Gasteiger partial charge < -0.3 is 15.1 Å². The SMILES string of the molecule is CC(C)c1ccc([C@](O)(c2cncc(CCC(O)c3ccccc3)c2)C2(C)CN(C)C2)cc1. The van der Waals surface area contributed by atoms with Crippen molar-refractivity contribution in [2.45, 2.75) is 51.2 Å². The van der Waals surface area contributed by atoms with E-state index in [0.29, 0.717) is 18.8 Å². The molecule has 3 aromatic rings. The minimum Gasteiger partial charge on any atom is -0.388 e. The number of likely N-dealkylation sites (tertiary alicyclic amines) is 1. The molecule has 0 bridgehead atoms. The zero-order valence-corrected chi connectivity index (χ0v) is 20.2. The summed E-state index contributed by atoms with van der Waals surface area (Å²) >= 11 is 0. The first kappa shape index (κ1) is 23.6. The van der Waals surface area contributed by atoms with Gasteiger partial charge in [-0.1, -0.05) is 75.4 Å². The Morgan fingerprint density at radius 1 is 0.970 bits per heavy atom. The van der Waals surface area contributed by atoms with Gasteiger partial charge in [-0.25, -0.2) is 0 Å². The molecule has 4 nitrogen and oxygen atoms in total. The summed E-state index contributed by atoms with van der Waals surface area (Å²) in [6.07, 6.45) is 4.43. The van der Waals surface area contributed by atoms with Crippen LogP contribution in [0.2, 0.25) is 0 Å². The highest BCUT2D eigenvalue weighted by atomic mass is 16.3. The van der Waals surface area contributed by atoms with Crippen LogP contribution >= 0.6 is 0 Å². The molecule has 2 N–H and O–H groups in total. The van der Waals surface area contributed by atoms with Crippen LogP contribution in [0.25, 0.3) is 0 Å². The number of benzene rings is 2. The van der Waals surface area contributed by atoms with E-state index in [1.54, 1.807) is 6.20 Å². The van der Waals surface area contributed by atoms with Gasteiger partial charge in [-0.15, -0.1) is 0 Å². The minimum absolute atomic E-state index is 0.315. The van der Waals surface area contributed by atoms with Gasteiger partial charge in [0.05, 0.1) is 6.10 Å². The molecule has 1 aromatic heterocycles. The molecule has 2 heterocycles. The number of hydrogen-bond acceptors (Lipinski definition) is 4. The fourth-order valence-electron chi connectivity index (χ4n) is 5.31. The first-order chi connectivity index (χ1) is 15.7. The van der Waals surface area contributed by atoms with Crippen LogP contribution in [0.3, 0.4) is 0 Å². The summed E-state index contributed by atoms with van der Waals surface area (Å²) in [6.45, 7) is 8.15. The normalized spacial score (nSPS) is 18.5. The molecule has 4 heteroatoms. The predicted molar refractivity (Wildman–Crippen MR) is 133 cm³/mol. The zero-order chi connectivity index (χ0) is 23.6. The number of pyridine rings is 1. The van der Waals surface area contributed by atoms with Crippen molar-refractivity contribution in [1.29, 1.82) is 0 Å². The van der Waals surface area contributed by atoms with Crippen LogP contribution < -0.4 is 0 Å². The second-order valence-corrected chi connectivity index (χ2v) is 10.3. The van der Waals surface area contributed by atoms with E-state index in [4.69, 9.17) is 0 Å². The summed E-state index contributed by atoms with van der Waals surface area (Å²) in [4.78, 5) is 6.75. The zero-order valence-electron chi connectivity index (χ0n) is 20.2. The van der Waals surface area contributed by atoms with Gasteiger partial charge in [0.1, 0.15) is 5.60 Å². The van der Waals surface area contributed by atoms with Crippen LogP contribution in [0.1, 0.15) is 67.0 Å². The van der Waals surface area contributed by atoms with E-state index < -0.39 is 11.7 Å². The number of aliphatic hydroxyl groups excluding tert-OH is 1. The molecule has 1 unspecified atom stereocenters. The smallest absolute Gasteiger partial charge is 0.124 e. The van der Waals surface area contributed by atoms with Crippen molar-refractivity contribution in [3.8, 4) is 0 Å². The van der Waals surface area contributed by atoms with Crippen molar-refractivity contribution in [3.05, 3.63) is 101 Å². The van der Waals surface area contributed by atoms with Crippen molar-refractivity contribution < 1.29 is 10.2 Å². The average molecular weight is 445 g/mol. The van der Waals surface area contributed by atoms with E-state index in [9.17, 15) is 10.2 Å². The summed E-state index contributed by atoms with van der Waals surface area (Å²) in [5.41, 5.74) is 3.48. The summed E-state index contributed by atoms with van der Waals surface area (Å²) in [7, 11) is 2.09. The predicted octanol–water partition coefficient (Wildman–Crippen LogP) is 5.06. The maximum Gasteiger partial charge on any atom is 0.124 e. The Balaban J connectivity index is 1.64. The van der Waals surface area contributed by atoms with Crippen molar-refractivity contribution in [3.63, 3.8) is 0 Å². The second kappa shape index (κ2) is 9.38. The number of aromatic nitrogens is 1. The Morgan fingerprint density at radius 2 is 1.64 bits per heavy atom. The number of aryl methyl sites for hydroxylation is 1. The molecular formula is C29H36N2O2. The van der Waals surface area contributed by atoms with E-state index in [-0.39, 0.29) is 5.41 Å². The lowest BCUT2D eigenvalue weighted by Gasteiger charge is -2.56. The van der Waals surface area contributed by atoms with Crippen molar-refractivity contribution >= 4 is 0 Å². The highest BCUT2D eigenvalue weighted by Crippen LogP contribution is 2.50. The molecular weight excluding hydrogens is 408 g/mol. The van der Waals surface area contributed by atoms with E-state index in [0.717, 1.165) is 35.3 Å². The highest BCUT2D eigenvalue weighted by molar-refractivity contribution is 5.42. The third-order valence-corrected chi connectivity index (χ3v) is 7.21. The maximum absolute atomic E-state index is 12.3. The Bertz CT molecular complexity index is 1060. The molecule has 2 aromatic carbocycles. The van der Waals surface area contributed by atoms with Crippen LogP contribution in [0.15, 0.2) is 73.1 Å². The summed E-state index contributed by atoms with van der Waals surface area (Å²) in [6, 6.07) is 20.2. The summed E-state index contributed by atoms with van der Waals surface area (Å²) in [5.74, 6) is 0.443. The minimum atomic E-state index is -1.14. The highest BCUT2D eigenvalue weighted by Gasteiger charge is 2.55. The lowest BCUT2D eigenvalue weighted by Crippen LogP contribution is -2.63. The molecule has 0 amide bonds. The van der Waals surface area contributed by atoms with Crippen LogP contribution in [0.4, 0.5) is 0 Å². The monoisotopic (exact) mass is 444 g/mol. The standard InChI is InChI=1S/C29H36N2O2/c1-21(2)23-11-13-25(14-12-23)29(33,28(3)19-31(4)20-28)26-16-22(17-30-18-26)10-15-27(32)24-8-6-5-7-9-24/h5-9,11-14,16-18,21,27,32-33H,10,15,19-20H2,1-4H3/t27?,29-/m0/s1. The third-order valence-electron chi connectivity index (χ3n) is 7.21. The van der Waals surface area contributed by atoms with Crippen LogP contribution in [0, 0.1) is 5.41 Å². The van der Waals surface area contributed by atoms with E-state index >= 15 is 0 Å². The van der Waals surface area contributed by atoms with Gasteiger partial charge in [0.25, 0.3) is 0 Å². The second-order valence-electron chi connectivity index (χ2n) is 10.3. The largest absolute Gasteiger partial charge is 0.388 e. The van der Waals surface area contributed by atoms with Gasteiger partial charge in [-0.2, -0.15) is 0 Å². The molecule has 4 rings (SSSR count). The number of aliphatic hydroxyl groups is 2. The number of nitrogens with zero attached hydrogens (tertiary/aromatic N) is 2. The van der Waals surface area contributed by atoms with Gasteiger partial charge in [0, 0.05) is 36.5 Å². The van der Waals surface area contributed by atoms with E-state index in [2.05, 4.69) is 68.0 Å². The number of hydrogen-bond donors (Lipinski definition) is 2.